The smallest absolute Gasteiger partial charge is 0.322 e. The van der Waals surface area contributed by atoms with E-state index in [2.05, 4.69) is 14.8 Å². The lowest BCUT2D eigenvalue weighted by Gasteiger charge is -2.13. The maximum Gasteiger partial charge on any atom is 0.417 e. The second-order valence-electron chi connectivity index (χ2n) is 8.89. The molecule has 1 amide bonds. The summed E-state index contributed by atoms with van der Waals surface area (Å²) in [5, 5.41) is 1.93. The van der Waals surface area contributed by atoms with Crippen LogP contribution in [0.2, 0.25) is 10.0 Å². The summed E-state index contributed by atoms with van der Waals surface area (Å²) in [5.74, 6) is -0.626. The Kier molecular flexibility index (Phi) is 8.78. The molecule has 3 N–H and O–H groups in total. The number of aryl methyl sites for hydroxylation is 1. The molecule has 220 valence electrons. The molecule has 0 saturated heterocycles. The molecule has 0 bridgehead atoms. The van der Waals surface area contributed by atoms with E-state index in [1.807, 2.05) is 6.92 Å². The van der Waals surface area contributed by atoms with Gasteiger partial charge in [0.2, 0.25) is 0 Å². The van der Waals surface area contributed by atoms with Crippen molar-refractivity contribution < 1.29 is 34.8 Å². The molecule has 42 heavy (non-hydrogen) atoms. The van der Waals surface area contributed by atoms with Gasteiger partial charge in [0.1, 0.15) is 0 Å². The Hall–Kier alpha value is -3.78. The molecule has 0 saturated carbocycles. The van der Waals surface area contributed by atoms with Crippen molar-refractivity contribution in [3.63, 3.8) is 0 Å². The number of hydrogen-bond donors (Lipinski definition) is 3. The predicted molar refractivity (Wildman–Crippen MR) is 155 cm³/mol. The maximum atomic E-state index is 13.1. The number of alkyl halides is 3. The molecule has 15 heteroatoms. The number of nitrogens with one attached hydrogen (secondary N) is 3. The van der Waals surface area contributed by atoms with Gasteiger partial charge in [-0.2, -0.15) is 13.2 Å². The van der Waals surface area contributed by atoms with E-state index in [0.717, 1.165) is 29.8 Å². The normalized spacial score (nSPS) is 12.0. The predicted octanol–water partition coefficient (Wildman–Crippen LogP) is 7.17. The van der Waals surface area contributed by atoms with Gasteiger partial charge in [-0.25, -0.2) is 16.8 Å². The molecule has 0 unspecified atom stereocenters. The molecule has 0 aliphatic heterocycles. The average Bonchev–Trinajstić information content (AvgIpc) is 2.90. The second kappa shape index (κ2) is 11.8. The maximum absolute atomic E-state index is 13.1. The van der Waals surface area contributed by atoms with Crippen LogP contribution in [-0.4, -0.2) is 22.7 Å². The van der Waals surface area contributed by atoms with E-state index < -0.39 is 42.7 Å². The summed E-state index contributed by atoms with van der Waals surface area (Å²) < 4.78 is 94.5. The van der Waals surface area contributed by atoms with E-state index in [1.54, 1.807) is 12.1 Å². The lowest BCUT2D eigenvalue weighted by Crippen LogP contribution is -2.15. The summed E-state index contributed by atoms with van der Waals surface area (Å²) in [7, 11) is -8.21. The van der Waals surface area contributed by atoms with Crippen LogP contribution in [0.3, 0.4) is 0 Å². The number of sulfonamides is 2. The molecule has 0 heterocycles. The number of anilines is 3. The number of rotatable bonds is 8. The first kappa shape index (κ1) is 31.2. The Bertz CT molecular complexity index is 1870. The fourth-order valence-electron chi connectivity index (χ4n) is 3.60. The van der Waals surface area contributed by atoms with Gasteiger partial charge in [0.25, 0.3) is 26.0 Å². The third-order valence-corrected chi connectivity index (χ3v) is 9.17. The van der Waals surface area contributed by atoms with Crippen molar-refractivity contribution in [3.8, 4) is 0 Å². The van der Waals surface area contributed by atoms with E-state index in [4.69, 9.17) is 23.2 Å². The molecule has 4 rings (SSSR count). The fraction of sp³-hybridized carbons (Fsp3) is 0.0741. The minimum absolute atomic E-state index is 0.0332. The molecule has 0 aromatic heterocycles. The topological polar surface area (TPSA) is 121 Å². The summed E-state index contributed by atoms with van der Waals surface area (Å²) >= 11 is 11.8. The molecule has 8 nitrogen and oxygen atoms in total. The van der Waals surface area contributed by atoms with Gasteiger partial charge in [0, 0.05) is 16.9 Å². The number of benzene rings is 4. The number of carbonyl (C=O) groups excluding carboxylic acids is 1. The first-order valence-corrected chi connectivity index (χ1v) is 15.5. The average molecular weight is 659 g/mol. The van der Waals surface area contributed by atoms with Gasteiger partial charge in [-0.1, -0.05) is 40.9 Å². The van der Waals surface area contributed by atoms with Crippen molar-refractivity contribution in [1.82, 2.24) is 0 Å². The monoisotopic (exact) mass is 657 g/mol. The summed E-state index contributed by atoms with van der Waals surface area (Å²) in [6.45, 7) is 1.82. The van der Waals surface area contributed by atoms with Crippen LogP contribution in [0.1, 0.15) is 21.5 Å². The minimum atomic E-state index is -4.78. The van der Waals surface area contributed by atoms with Crippen LogP contribution in [0, 0.1) is 6.92 Å². The minimum Gasteiger partial charge on any atom is -0.322 e. The van der Waals surface area contributed by atoms with Crippen LogP contribution in [0.15, 0.2) is 94.7 Å². The molecular formula is C27H20Cl2F3N3O5S2. The Morgan fingerprint density at radius 2 is 1.24 bits per heavy atom. The fourth-order valence-corrected chi connectivity index (χ4v) is 6.24. The highest BCUT2D eigenvalue weighted by molar-refractivity contribution is 7.93. The second-order valence-corrected chi connectivity index (χ2v) is 13.1. The largest absolute Gasteiger partial charge is 0.417 e. The zero-order valence-corrected chi connectivity index (χ0v) is 24.5. The van der Waals surface area contributed by atoms with Crippen LogP contribution < -0.4 is 14.8 Å². The number of hydrogen-bond acceptors (Lipinski definition) is 5. The van der Waals surface area contributed by atoms with Crippen LogP contribution in [0.25, 0.3) is 0 Å². The Balaban J connectivity index is 1.44. The van der Waals surface area contributed by atoms with Crippen LogP contribution >= 0.6 is 23.2 Å². The van der Waals surface area contributed by atoms with Crippen molar-refractivity contribution in [2.24, 2.45) is 0 Å². The molecule has 0 aliphatic carbocycles. The number of carbonyl (C=O) groups is 1. The summed E-state index contributed by atoms with van der Waals surface area (Å²) in [6.07, 6.45) is -4.78. The van der Waals surface area contributed by atoms with Crippen molar-refractivity contribution >= 4 is 66.2 Å². The zero-order valence-electron chi connectivity index (χ0n) is 21.3. The van der Waals surface area contributed by atoms with Gasteiger partial charge >= 0.3 is 6.18 Å². The lowest BCUT2D eigenvalue weighted by molar-refractivity contribution is -0.137. The van der Waals surface area contributed by atoms with E-state index in [9.17, 15) is 34.8 Å². The van der Waals surface area contributed by atoms with Gasteiger partial charge in [0.15, 0.2) is 0 Å². The summed E-state index contributed by atoms with van der Waals surface area (Å²) in [5.41, 5.74) is -0.315. The van der Waals surface area contributed by atoms with Gasteiger partial charge in [-0.15, -0.1) is 0 Å². The van der Waals surface area contributed by atoms with Gasteiger partial charge < -0.3 is 5.32 Å². The molecule has 4 aromatic rings. The Morgan fingerprint density at radius 1 is 0.690 bits per heavy atom. The first-order valence-electron chi connectivity index (χ1n) is 11.8. The van der Waals surface area contributed by atoms with E-state index in [0.29, 0.717) is 6.07 Å². The molecule has 4 aromatic carbocycles. The standard InChI is InChI=1S/C27H20Cl2F3N3O5S2/c1-16-2-8-20(9-3-16)42(39,40)35-25-13-4-17(14-24(25)29)26(36)33-18-5-10-21(11-6-18)41(37,38)34-19-7-12-23(28)22(15-19)27(30,31)32/h2-15,34-35H,1H3,(H,33,36). The number of amides is 1. The molecule has 0 fully saturated rings. The third kappa shape index (κ3) is 7.34. The molecule has 0 radical (unpaired) electrons. The summed E-state index contributed by atoms with van der Waals surface area (Å²) in [6, 6.07) is 17.6. The van der Waals surface area contributed by atoms with Crippen LogP contribution in [-0.2, 0) is 26.2 Å². The molecule has 0 aliphatic rings. The van der Waals surface area contributed by atoms with E-state index >= 15 is 0 Å². The zero-order chi connectivity index (χ0) is 30.9. The highest BCUT2D eigenvalue weighted by Crippen LogP contribution is 2.36. The van der Waals surface area contributed by atoms with E-state index in [-0.39, 0.29) is 37.4 Å². The lowest BCUT2D eigenvalue weighted by atomic mass is 10.2. The Labute approximate surface area is 249 Å². The first-order chi connectivity index (χ1) is 19.5. The molecular weight excluding hydrogens is 638 g/mol. The summed E-state index contributed by atoms with van der Waals surface area (Å²) in [4.78, 5) is 12.5. The quantitative estimate of drug-likeness (QED) is 0.185. The number of halogens is 5. The van der Waals surface area contributed by atoms with Crippen LogP contribution in [0.5, 0.6) is 0 Å². The highest BCUT2D eigenvalue weighted by atomic mass is 35.5. The van der Waals surface area contributed by atoms with Crippen molar-refractivity contribution in [1.29, 1.82) is 0 Å². The van der Waals surface area contributed by atoms with E-state index in [1.165, 1.54) is 42.5 Å². The van der Waals surface area contributed by atoms with Crippen molar-refractivity contribution in [2.45, 2.75) is 22.9 Å². The Morgan fingerprint density at radius 3 is 1.81 bits per heavy atom. The van der Waals surface area contributed by atoms with Gasteiger partial charge in [-0.05, 0) is 79.7 Å². The van der Waals surface area contributed by atoms with Crippen LogP contribution in [0.4, 0.5) is 30.2 Å². The SMILES string of the molecule is Cc1ccc(S(=O)(=O)Nc2ccc(C(=O)Nc3ccc(S(=O)(=O)Nc4ccc(Cl)c(C(F)(F)F)c4)cc3)cc2Cl)cc1. The highest BCUT2D eigenvalue weighted by Gasteiger charge is 2.33. The molecule has 0 spiro atoms. The third-order valence-electron chi connectivity index (χ3n) is 5.75. The van der Waals surface area contributed by atoms with Crippen molar-refractivity contribution in [2.75, 3.05) is 14.8 Å². The molecule has 0 atom stereocenters. The van der Waals surface area contributed by atoms with Gasteiger partial charge in [0.05, 0.1) is 31.1 Å². The van der Waals surface area contributed by atoms with Gasteiger partial charge in [-0.3, -0.25) is 14.2 Å². The van der Waals surface area contributed by atoms with Crippen molar-refractivity contribution in [3.05, 3.63) is 112 Å².